The van der Waals surface area contributed by atoms with Crippen molar-refractivity contribution >= 4 is 52.1 Å². The van der Waals surface area contributed by atoms with Gasteiger partial charge in [0.2, 0.25) is 5.91 Å². The van der Waals surface area contributed by atoms with Crippen molar-refractivity contribution in [3.63, 3.8) is 0 Å². The minimum Gasteiger partial charge on any atom is -0.378 e. The van der Waals surface area contributed by atoms with Crippen molar-refractivity contribution in [3.8, 4) is 0 Å². The number of anilines is 2. The summed E-state index contributed by atoms with van der Waals surface area (Å²) in [4.78, 5) is 14.4. The standard InChI is InChI=1S/C17H22N4OS3/c1-11(2)10-23-16-19-20-17(25-16)24-12(3)15(22)18-13-6-8-14(9-7-13)21(4)5/h6-9,12H,1,10H2,2-5H3,(H,18,22)/t12-/m0/s1. The van der Waals surface area contributed by atoms with Gasteiger partial charge in [0.05, 0.1) is 5.25 Å². The van der Waals surface area contributed by atoms with E-state index in [1.807, 2.05) is 57.1 Å². The molecule has 0 spiro atoms. The number of nitrogens with one attached hydrogen (secondary N) is 1. The lowest BCUT2D eigenvalue weighted by Crippen LogP contribution is -2.22. The third-order valence-corrected chi connectivity index (χ3v) is 6.60. The first-order chi connectivity index (χ1) is 11.8. The van der Waals surface area contributed by atoms with Crippen molar-refractivity contribution in [2.75, 3.05) is 30.1 Å². The molecule has 0 bridgehead atoms. The Labute approximate surface area is 161 Å². The lowest BCUT2D eigenvalue weighted by molar-refractivity contribution is -0.115. The molecular weight excluding hydrogens is 372 g/mol. The second kappa shape index (κ2) is 9.26. The quantitative estimate of drug-likeness (QED) is 0.529. The van der Waals surface area contributed by atoms with Crippen molar-refractivity contribution in [2.45, 2.75) is 27.8 Å². The molecule has 0 saturated heterocycles. The zero-order valence-corrected chi connectivity index (χ0v) is 17.2. The van der Waals surface area contributed by atoms with Crippen LogP contribution in [-0.2, 0) is 4.79 Å². The summed E-state index contributed by atoms with van der Waals surface area (Å²) in [5.41, 5.74) is 2.98. The smallest absolute Gasteiger partial charge is 0.237 e. The Bertz CT molecular complexity index is 728. The van der Waals surface area contributed by atoms with E-state index in [1.165, 1.54) is 23.1 Å². The van der Waals surface area contributed by atoms with Gasteiger partial charge in [0.1, 0.15) is 0 Å². The summed E-state index contributed by atoms with van der Waals surface area (Å²) in [6, 6.07) is 7.76. The number of carbonyl (C=O) groups excluding carboxylic acids is 1. The molecule has 0 aliphatic rings. The van der Waals surface area contributed by atoms with E-state index in [2.05, 4.69) is 22.1 Å². The van der Waals surface area contributed by atoms with Crippen LogP contribution in [0.2, 0.25) is 0 Å². The average molecular weight is 395 g/mol. The Hall–Kier alpha value is -1.51. The van der Waals surface area contributed by atoms with Gasteiger partial charge in [-0.25, -0.2) is 0 Å². The largest absolute Gasteiger partial charge is 0.378 e. The molecule has 1 heterocycles. The lowest BCUT2D eigenvalue weighted by Gasteiger charge is -2.14. The van der Waals surface area contributed by atoms with E-state index in [4.69, 9.17) is 0 Å². The van der Waals surface area contributed by atoms with E-state index in [-0.39, 0.29) is 11.2 Å². The molecule has 0 fully saturated rings. The highest BCUT2D eigenvalue weighted by Crippen LogP contribution is 2.32. The van der Waals surface area contributed by atoms with E-state index in [0.29, 0.717) is 0 Å². The zero-order valence-electron chi connectivity index (χ0n) is 14.8. The summed E-state index contributed by atoms with van der Waals surface area (Å²) in [6.07, 6.45) is 0. The highest BCUT2D eigenvalue weighted by Gasteiger charge is 2.17. The maximum Gasteiger partial charge on any atom is 0.237 e. The number of rotatable bonds is 8. The van der Waals surface area contributed by atoms with Crippen LogP contribution < -0.4 is 10.2 Å². The molecule has 25 heavy (non-hydrogen) atoms. The van der Waals surface area contributed by atoms with Crippen LogP contribution in [0.3, 0.4) is 0 Å². The molecule has 0 aliphatic carbocycles. The predicted molar refractivity (Wildman–Crippen MR) is 110 cm³/mol. The van der Waals surface area contributed by atoms with E-state index in [1.54, 1.807) is 11.8 Å². The fraction of sp³-hybridized carbons (Fsp3) is 0.353. The number of nitrogens with zero attached hydrogens (tertiary/aromatic N) is 3. The summed E-state index contributed by atoms with van der Waals surface area (Å²) < 4.78 is 1.70. The molecular formula is C17H22N4OS3. The van der Waals surface area contributed by atoms with Gasteiger partial charge < -0.3 is 10.2 Å². The van der Waals surface area contributed by atoms with E-state index in [9.17, 15) is 4.79 Å². The van der Waals surface area contributed by atoms with Crippen molar-refractivity contribution in [1.82, 2.24) is 10.2 Å². The molecule has 134 valence electrons. The molecule has 1 atom stereocenters. The van der Waals surface area contributed by atoms with Gasteiger partial charge in [0, 0.05) is 31.2 Å². The fourth-order valence-electron chi connectivity index (χ4n) is 1.78. The maximum absolute atomic E-state index is 12.4. The summed E-state index contributed by atoms with van der Waals surface area (Å²) in [7, 11) is 3.97. The molecule has 1 aromatic heterocycles. The molecule has 1 amide bonds. The van der Waals surface area contributed by atoms with Gasteiger partial charge in [0.25, 0.3) is 0 Å². The van der Waals surface area contributed by atoms with Crippen LogP contribution in [0.4, 0.5) is 11.4 Å². The van der Waals surface area contributed by atoms with Gasteiger partial charge >= 0.3 is 0 Å². The fourth-order valence-corrected chi connectivity index (χ4v) is 4.79. The summed E-state index contributed by atoms with van der Waals surface area (Å²) in [5, 5.41) is 11.0. The number of thioether (sulfide) groups is 2. The van der Waals surface area contributed by atoms with Crippen LogP contribution in [0.5, 0.6) is 0 Å². The molecule has 2 aromatic rings. The van der Waals surface area contributed by atoms with Crippen molar-refractivity contribution < 1.29 is 4.79 Å². The number of carbonyl (C=O) groups is 1. The van der Waals surface area contributed by atoms with Gasteiger partial charge in [-0.05, 0) is 38.1 Å². The highest BCUT2D eigenvalue weighted by molar-refractivity contribution is 8.04. The second-order valence-electron chi connectivity index (χ2n) is 5.77. The first-order valence-electron chi connectivity index (χ1n) is 7.70. The molecule has 8 heteroatoms. The van der Waals surface area contributed by atoms with Crippen LogP contribution in [0.25, 0.3) is 0 Å². The molecule has 0 radical (unpaired) electrons. The SMILES string of the molecule is C=C(C)CSc1nnc(S[C@@H](C)C(=O)Nc2ccc(N(C)C)cc2)s1. The topological polar surface area (TPSA) is 58.1 Å². The summed E-state index contributed by atoms with van der Waals surface area (Å²) >= 11 is 4.55. The lowest BCUT2D eigenvalue weighted by atomic mass is 10.2. The first kappa shape index (κ1) is 19.8. The Kier molecular flexibility index (Phi) is 7.34. The van der Waals surface area contributed by atoms with E-state index < -0.39 is 0 Å². The zero-order chi connectivity index (χ0) is 18.4. The van der Waals surface area contributed by atoms with Crippen LogP contribution in [-0.4, -0.2) is 41.2 Å². The number of hydrogen-bond acceptors (Lipinski definition) is 7. The van der Waals surface area contributed by atoms with Gasteiger partial charge in [0.15, 0.2) is 8.68 Å². The van der Waals surface area contributed by atoms with Gasteiger partial charge in [-0.2, -0.15) is 0 Å². The molecule has 0 unspecified atom stereocenters. The van der Waals surface area contributed by atoms with Crippen LogP contribution in [0, 0.1) is 0 Å². The number of aromatic nitrogens is 2. The van der Waals surface area contributed by atoms with E-state index >= 15 is 0 Å². The molecule has 5 nitrogen and oxygen atoms in total. The predicted octanol–water partition coefficient (Wildman–Crippen LogP) is 4.39. The van der Waals surface area contributed by atoms with Gasteiger partial charge in [-0.15, -0.1) is 10.2 Å². The monoisotopic (exact) mass is 394 g/mol. The van der Waals surface area contributed by atoms with Crippen LogP contribution in [0.1, 0.15) is 13.8 Å². The van der Waals surface area contributed by atoms with E-state index in [0.717, 1.165) is 31.4 Å². The Morgan fingerprint density at radius 1 is 1.28 bits per heavy atom. The highest BCUT2D eigenvalue weighted by atomic mass is 32.2. The minimum absolute atomic E-state index is 0.0473. The van der Waals surface area contributed by atoms with Crippen LogP contribution >= 0.6 is 34.9 Å². The Morgan fingerprint density at radius 3 is 2.52 bits per heavy atom. The average Bonchev–Trinajstić information content (AvgIpc) is 3.00. The van der Waals surface area contributed by atoms with Crippen LogP contribution in [0.15, 0.2) is 45.1 Å². The second-order valence-corrected chi connectivity index (χ2v) is 9.56. The Morgan fingerprint density at radius 2 is 1.92 bits per heavy atom. The molecule has 0 aliphatic heterocycles. The molecule has 0 saturated carbocycles. The normalized spacial score (nSPS) is 11.8. The van der Waals surface area contributed by atoms with Crippen molar-refractivity contribution in [3.05, 3.63) is 36.4 Å². The molecule has 1 N–H and O–H groups in total. The van der Waals surface area contributed by atoms with Crippen molar-refractivity contribution in [2.24, 2.45) is 0 Å². The summed E-state index contributed by atoms with van der Waals surface area (Å²) in [6.45, 7) is 7.74. The van der Waals surface area contributed by atoms with Crippen molar-refractivity contribution in [1.29, 1.82) is 0 Å². The molecule has 1 aromatic carbocycles. The van der Waals surface area contributed by atoms with Gasteiger partial charge in [-0.1, -0.05) is 47.0 Å². The number of amides is 1. The number of benzene rings is 1. The molecule has 2 rings (SSSR count). The third kappa shape index (κ3) is 6.37. The third-order valence-electron chi connectivity index (χ3n) is 3.13. The maximum atomic E-state index is 12.4. The number of hydrogen-bond donors (Lipinski definition) is 1. The summed E-state index contributed by atoms with van der Waals surface area (Å²) in [5.74, 6) is 0.784. The van der Waals surface area contributed by atoms with Gasteiger partial charge in [-0.3, -0.25) is 4.79 Å². The minimum atomic E-state index is -0.250. The first-order valence-corrected chi connectivity index (χ1v) is 10.4. The Balaban J connectivity index is 1.88.